The molecule has 1 aromatic heterocycles. The molecular weight excluding hydrogens is 544 g/mol. The Hall–Kier alpha value is -2.82. The van der Waals surface area contributed by atoms with Crippen molar-refractivity contribution < 1.29 is 26.9 Å². The Kier molecular flexibility index (Phi) is 10.5. The number of fused-ring (bicyclic) bond motifs is 1. The predicted octanol–water partition coefficient (Wildman–Crippen LogP) is 6.08. The predicted molar refractivity (Wildman–Crippen MR) is 160 cm³/mol. The first-order chi connectivity index (χ1) is 18.8. The Balaban J connectivity index is 1.93. The lowest BCUT2D eigenvalue weighted by atomic mass is 10.1. The van der Waals surface area contributed by atoms with Crippen LogP contribution in [0.1, 0.15) is 71.1 Å². The summed E-state index contributed by atoms with van der Waals surface area (Å²) in [5, 5.41) is 2.78. The number of sulfone groups is 1. The van der Waals surface area contributed by atoms with Gasteiger partial charge in [-0.15, -0.1) is 0 Å². The summed E-state index contributed by atoms with van der Waals surface area (Å²) in [5.74, 6) is -1.88. The molecule has 2 aromatic carbocycles. The number of hydrogen-bond donors (Lipinski definition) is 1. The van der Waals surface area contributed by atoms with Crippen LogP contribution in [0.5, 0.6) is 0 Å². The van der Waals surface area contributed by atoms with Crippen molar-refractivity contribution in [3.63, 3.8) is 0 Å². The fraction of sp³-hybridized carbons (Fsp3) is 0.500. The van der Waals surface area contributed by atoms with Crippen LogP contribution in [-0.2, 0) is 24.8 Å². The normalized spacial score (nSPS) is 14.2. The fourth-order valence-electron chi connectivity index (χ4n) is 5.68. The molecule has 8 nitrogen and oxygen atoms in total. The lowest BCUT2D eigenvalue weighted by Gasteiger charge is -2.44. The van der Waals surface area contributed by atoms with E-state index in [0.29, 0.717) is 16.7 Å². The van der Waals surface area contributed by atoms with Crippen LogP contribution in [0.15, 0.2) is 59.0 Å². The number of amides is 1. The molecule has 0 aliphatic carbocycles. The zero-order valence-electron chi connectivity index (χ0n) is 24.5. The average molecular weight is 587 g/mol. The Labute approximate surface area is 239 Å². The number of hydrogen-bond acceptors (Lipinski definition) is 7. The average Bonchev–Trinajstić information content (AvgIpc) is 3.33. The zero-order valence-corrected chi connectivity index (χ0v) is 26.3. The minimum absolute atomic E-state index is 0.0993. The van der Waals surface area contributed by atoms with Gasteiger partial charge in [0.05, 0.1) is 17.5 Å². The molecule has 3 rings (SSSR count). The number of para-hydroxylation sites is 2. The summed E-state index contributed by atoms with van der Waals surface area (Å²) in [5.41, 5.74) is 2.04. The maximum atomic E-state index is 13.8. The van der Waals surface area contributed by atoms with Crippen molar-refractivity contribution in [2.24, 2.45) is 0 Å². The zero-order chi connectivity index (χ0) is 29.7. The van der Waals surface area contributed by atoms with Crippen molar-refractivity contribution in [1.82, 2.24) is 10.3 Å². The minimum atomic E-state index is -3.74. The van der Waals surface area contributed by atoms with Crippen LogP contribution in [0.4, 0.5) is 0 Å². The molecule has 40 heavy (non-hydrogen) atoms. The number of nitrogens with one attached hydrogen (secondary N) is 1. The number of ketones is 1. The first kappa shape index (κ1) is 31.7. The standard InChI is InChI=1S/C30H42N2O6SSi/c1-8-24(28(33)30-32-25-16-12-13-17-26(25)37-30)31-29(34)27(38-40(20(2)3,21(4)5)22(6)7)19-39(35,36)18-23-14-10-9-11-15-23/h9-17,20-22,24,27H,8,18-19H2,1-7H3,(H,31,34)/t24-,27?/m0/s1. The summed E-state index contributed by atoms with van der Waals surface area (Å²) in [6.45, 7) is 14.2. The molecule has 0 aliphatic rings. The Morgan fingerprint density at radius 2 is 1.50 bits per heavy atom. The number of aromatic nitrogens is 1. The molecule has 0 saturated carbocycles. The summed E-state index contributed by atoms with van der Waals surface area (Å²) < 4.78 is 39.1. The summed E-state index contributed by atoms with van der Waals surface area (Å²) in [4.78, 5) is 31.4. The van der Waals surface area contributed by atoms with E-state index in [9.17, 15) is 18.0 Å². The number of Topliss-reactive ketones (excluding diaryl/α,β-unsaturated/α-hetero) is 1. The van der Waals surface area contributed by atoms with Crippen molar-refractivity contribution >= 4 is 40.9 Å². The monoisotopic (exact) mass is 586 g/mol. The van der Waals surface area contributed by atoms with Crippen LogP contribution >= 0.6 is 0 Å². The van der Waals surface area contributed by atoms with Gasteiger partial charge in [-0.3, -0.25) is 9.59 Å². The van der Waals surface area contributed by atoms with E-state index in [2.05, 4.69) is 51.8 Å². The van der Waals surface area contributed by atoms with Gasteiger partial charge >= 0.3 is 0 Å². The minimum Gasteiger partial charge on any atom is -0.434 e. The van der Waals surface area contributed by atoms with Crippen LogP contribution in [0.25, 0.3) is 11.1 Å². The molecule has 0 spiro atoms. The molecule has 3 aromatic rings. The number of nitrogens with zero attached hydrogens (tertiary/aromatic N) is 1. The van der Waals surface area contributed by atoms with E-state index >= 15 is 0 Å². The van der Waals surface area contributed by atoms with Gasteiger partial charge in [-0.1, -0.05) is 90.9 Å². The molecule has 0 fully saturated rings. The number of benzene rings is 2. The maximum absolute atomic E-state index is 13.8. The van der Waals surface area contributed by atoms with Crippen LogP contribution in [0.3, 0.4) is 0 Å². The molecule has 10 heteroatoms. The molecule has 0 bridgehead atoms. The quantitative estimate of drug-likeness (QED) is 0.180. The largest absolute Gasteiger partial charge is 0.434 e. The van der Waals surface area contributed by atoms with Crippen molar-refractivity contribution in [2.45, 2.75) is 89.4 Å². The highest BCUT2D eigenvalue weighted by molar-refractivity contribution is 7.90. The van der Waals surface area contributed by atoms with Gasteiger partial charge in [-0.25, -0.2) is 13.4 Å². The van der Waals surface area contributed by atoms with Gasteiger partial charge in [-0.05, 0) is 40.7 Å². The highest BCUT2D eigenvalue weighted by atomic mass is 32.2. The first-order valence-corrected chi connectivity index (χ1v) is 17.9. The smallest absolute Gasteiger partial charge is 0.266 e. The van der Waals surface area contributed by atoms with Crippen LogP contribution < -0.4 is 5.32 Å². The van der Waals surface area contributed by atoms with Crippen LogP contribution in [-0.4, -0.2) is 51.3 Å². The Morgan fingerprint density at radius 3 is 2.05 bits per heavy atom. The third-order valence-corrected chi connectivity index (χ3v) is 15.2. The van der Waals surface area contributed by atoms with Crippen molar-refractivity contribution in [1.29, 1.82) is 0 Å². The van der Waals surface area contributed by atoms with E-state index in [1.165, 1.54) is 0 Å². The van der Waals surface area contributed by atoms with Gasteiger partial charge < -0.3 is 14.2 Å². The summed E-state index contributed by atoms with van der Waals surface area (Å²) in [6, 6.07) is 15.0. The van der Waals surface area contributed by atoms with Crippen LogP contribution in [0, 0.1) is 0 Å². The van der Waals surface area contributed by atoms with Gasteiger partial charge in [0, 0.05) is 0 Å². The SMILES string of the molecule is CC[C@H](NC(=O)C(CS(=O)(=O)Cc1ccccc1)O[Si](C(C)C)(C(C)C)C(C)C)C(=O)c1nc2ccccc2o1. The molecule has 1 N–H and O–H groups in total. The van der Waals surface area contributed by atoms with E-state index in [0.717, 1.165) is 0 Å². The van der Waals surface area contributed by atoms with Crippen LogP contribution in [0.2, 0.25) is 16.6 Å². The third kappa shape index (κ3) is 7.27. The topological polar surface area (TPSA) is 116 Å². The van der Waals surface area contributed by atoms with Crippen molar-refractivity contribution in [2.75, 3.05) is 5.75 Å². The number of carbonyl (C=O) groups is 2. The third-order valence-electron chi connectivity index (χ3n) is 7.53. The highest BCUT2D eigenvalue weighted by Gasteiger charge is 2.48. The second-order valence-electron chi connectivity index (χ2n) is 11.3. The van der Waals surface area contributed by atoms with Gasteiger partial charge in [0.2, 0.25) is 20.0 Å². The molecular formula is C30H42N2O6SSi. The van der Waals surface area contributed by atoms with E-state index in [-0.39, 0.29) is 34.7 Å². The van der Waals surface area contributed by atoms with E-state index < -0.39 is 47.7 Å². The molecule has 218 valence electrons. The lowest BCUT2D eigenvalue weighted by Crippen LogP contribution is -2.56. The molecule has 0 aliphatic heterocycles. The molecule has 0 saturated heterocycles. The molecule has 0 radical (unpaired) electrons. The van der Waals surface area contributed by atoms with E-state index in [1.54, 1.807) is 55.5 Å². The summed E-state index contributed by atoms with van der Waals surface area (Å²) in [7, 11) is -6.40. The molecule has 1 unspecified atom stereocenters. The van der Waals surface area contributed by atoms with Gasteiger partial charge in [0.25, 0.3) is 5.89 Å². The van der Waals surface area contributed by atoms with Gasteiger partial charge in [0.15, 0.2) is 15.4 Å². The van der Waals surface area contributed by atoms with Crippen molar-refractivity contribution in [3.8, 4) is 0 Å². The second kappa shape index (κ2) is 13.2. The maximum Gasteiger partial charge on any atom is 0.266 e. The number of rotatable bonds is 14. The molecule has 1 heterocycles. The fourth-order valence-corrected chi connectivity index (χ4v) is 12.8. The van der Waals surface area contributed by atoms with Crippen molar-refractivity contribution in [3.05, 3.63) is 66.1 Å². The molecule has 1 amide bonds. The van der Waals surface area contributed by atoms with E-state index in [4.69, 9.17) is 8.84 Å². The first-order valence-electron chi connectivity index (χ1n) is 13.9. The van der Waals surface area contributed by atoms with Gasteiger partial charge in [-0.2, -0.15) is 0 Å². The lowest BCUT2D eigenvalue weighted by molar-refractivity contribution is -0.128. The Morgan fingerprint density at radius 1 is 0.925 bits per heavy atom. The van der Waals surface area contributed by atoms with Gasteiger partial charge in [0.1, 0.15) is 11.6 Å². The number of carbonyl (C=O) groups excluding carboxylic acids is 2. The summed E-state index contributed by atoms with van der Waals surface area (Å²) >= 11 is 0. The summed E-state index contributed by atoms with van der Waals surface area (Å²) in [6.07, 6.45) is -0.994. The number of oxazole rings is 1. The highest BCUT2D eigenvalue weighted by Crippen LogP contribution is 2.43. The molecule has 2 atom stereocenters. The second-order valence-corrected chi connectivity index (χ2v) is 18.8. The van der Waals surface area contributed by atoms with E-state index in [1.807, 2.05) is 6.07 Å². The Bertz CT molecular complexity index is 1350.